The monoisotopic (exact) mass is 415 g/mol. The van der Waals surface area contributed by atoms with E-state index in [1.165, 1.54) is 28.6 Å². The van der Waals surface area contributed by atoms with E-state index in [0.29, 0.717) is 16.6 Å². The Labute approximate surface area is 170 Å². The van der Waals surface area contributed by atoms with Crippen LogP contribution in [0.15, 0.2) is 34.2 Å². The number of aryl methyl sites for hydroxylation is 2. The molecule has 1 aromatic carbocycles. The van der Waals surface area contributed by atoms with Crippen LogP contribution in [0.1, 0.15) is 30.2 Å². The van der Waals surface area contributed by atoms with E-state index in [1.54, 1.807) is 37.5 Å². The van der Waals surface area contributed by atoms with Crippen LogP contribution in [0.5, 0.6) is 5.75 Å². The van der Waals surface area contributed by atoms with Gasteiger partial charge in [-0.25, -0.2) is 4.98 Å². The lowest BCUT2D eigenvalue weighted by molar-refractivity contribution is -0.115. The van der Waals surface area contributed by atoms with Crippen LogP contribution >= 0.6 is 23.1 Å². The van der Waals surface area contributed by atoms with Gasteiger partial charge in [-0.3, -0.25) is 9.59 Å². The van der Waals surface area contributed by atoms with Gasteiger partial charge in [-0.05, 0) is 50.3 Å². The lowest BCUT2D eigenvalue weighted by Crippen LogP contribution is -2.23. The second-order valence-electron chi connectivity index (χ2n) is 6.71. The van der Waals surface area contributed by atoms with Crippen molar-refractivity contribution in [2.24, 2.45) is 0 Å². The number of carbonyl (C=O) groups excluding carboxylic acids is 1. The van der Waals surface area contributed by atoms with Crippen molar-refractivity contribution in [2.75, 3.05) is 12.4 Å². The number of carbonyl (C=O) groups is 1. The number of methoxy groups -OCH3 is 1. The van der Waals surface area contributed by atoms with Crippen LogP contribution < -0.4 is 15.6 Å². The maximum atomic E-state index is 12.6. The van der Waals surface area contributed by atoms with E-state index in [2.05, 4.69) is 15.3 Å². The fourth-order valence-corrected chi connectivity index (χ4v) is 5.52. The number of H-pyrrole nitrogens is 1. The molecule has 0 aliphatic heterocycles. The number of rotatable bonds is 5. The number of hydrogen-bond acceptors (Lipinski definition) is 6. The van der Waals surface area contributed by atoms with Gasteiger partial charge in [0.25, 0.3) is 5.56 Å². The number of nitrogens with one attached hydrogen (secondary N) is 2. The molecule has 0 bridgehead atoms. The smallest absolute Gasteiger partial charge is 0.260 e. The van der Waals surface area contributed by atoms with Gasteiger partial charge in [0.1, 0.15) is 10.6 Å². The molecule has 6 nitrogen and oxygen atoms in total. The number of ether oxygens (including phenoxy) is 1. The highest BCUT2D eigenvalue weighted by Crippen LogP contribution is 2.34. The van der Waals surface area contributed by atoms with E-state index in [1.807, 2.05) is 12.1 Å². The van der Waals surface area contributed by atoms with Crippen molar-refractivity contribution in [2.45, 2.75) is 43.0 Å². The van der Waals surface area contributed by atoms with Crippen molar-refractivity contribution < 1.29 is 9.53 Å². The van der Waals surface area contributed by atoms with Crippen molar-refractivity contribution in [3.05, 3.63) is 45.1 Å². The van der Waals surface area contributed by atoms with E-state index in [0.717, 1.165) is 29.5 Å². The largest absolute Gasteiger partial charge is 0.495 e. The normalized spacial score (nSPS) is 14.5. The lowest BCUT2D eigenvalue weighted by atomic mass is 9.97. The van der Waals surface area contributed by atoms with E-state index in [4.69, 9.17) is 4.74 Å². The summed E-state index contributed by atoms with van der Waals surface area (Å²) in [6.07, 6.45) is 4.26. The molecule has 2 N–H and O–H groups in total. The van der Waals surface area contributed by atoms with Gasteiger partial charge < -0.3 is 15.0 Å². The number of thioether (sulfide) groups is 1. The van der Waals surface area contributed by atoms with Gasteiger partial charge in [-0.2, -0.15) is 0 Å². The van der Waals surface area contributed by atoms with Crippen molar-refractivity contribution >= 4 is 44.9 Å². The van der Waals surface area contributed by atoms with Crippen LogP contribution in [-0.2, 0) is 17.6 Å². The Kier molecular flexibility index (Phi) is 5.41. The zero-order valence-corrected chi connectivity index (χ0v) is 17.3. The molecule has 0 unspecified atom stereocenters. The predicted octanol–water partition coefficient (Wildman–Crippen LogP) is 3.99. The summed E-state index contributed by atoms with van der Waals surface area (Å²) in [6.45, 7) is 1.79. The van der Waals surface area contributed by atoms with Crippen molar-refractivity contribution in [1.82, 2.24) is 9.97 Å². The Morgan fingerprint density at radius 3 is 2.93 bits per heavy atom. The first-order chi connectivity index (χ1) is 13.6. The van der Waals surface area contributed by atoms with E-state index in [9.17, 15) is 9.59 Å². The molecule has 0 fully saturated rings. The maximum absolute atomic E-state index is 12.6. The fourth-order valence-electron chi connectivity index (χ4n) is 3.40. The Morgan fingerprint density at radius 1 is 1.32 bits per heavy atom. The molecule has 1 aliphatic carbocycles. The molecule has 1 amide bonds. The Morgan fingerprint density at radius 2 is 2.11 bits per heavy atom. The Hall–Kier alpha value is -2.32. The third-order valence-electron chi connectivity index (χ3n) is 4.83. The Bertz CT molecular complexity index is 1090. The first kappa shape index (κ1) is 19.0. The van der Waals surface area contributed by atoms with Crippen molar-refractivity contribution in [1.29, 1.82) is 0 Å². The summed E-state index contributed by atoms with van der Waals surface area (Å²) < 4.78 is 5.27. The average molecular weight is 416 g/mol. The molecule has 2 heterocycles. The zero-order chi connectivity index (χ0) is 19.7. The summed E-state index contributed by atoms with van der Waals surface area (Å²) in [4.78, 5) is 34.8. The second kappa shape index (κ2) is 7.97. The minimum Gasteiger partial charge on any atom is -0.495 e. The molecule has 3 aromatic rings. The van der Waals surface area contributed by atoms with Gasteiger partial charge in [0.05, 0.1) is 23.4 Å². The van der Waals surface area contributed by atoms with Crippen LogP contribution in [0.4, 0.5) is 5.69 Å². The van der Waals surface area contributed by atoms with Crippen molar-refractivity contribution in [3.63, 3.8) is 0 Å². The summed E-state index contributed by atoms with van der Waals surface area (Å²) in [5, 5.41) is 3.64. The molecule has 28 heavy (non-hydrogen) atoms. The minimum absolute atomic E-state index is 0.107. The lowest BCUT2D eigenvalue weighted by Gasteiger charge is -2.13. The fraction of sp³-hybridized carbons (Fsp3) is 0.350. The zero-order valence-electron chi connectivity index (χ0n) is 15.7. The minimum atomic E-state index is -0.430. The molecule has 0 spiro atoms. The van der Waals surface area contributed by atoms with E-state index >= 15 is 0 Å². The van der Waals surface area contributed by atoms with Gasteiger partial charge in [-0.15, -0.1) is 11.3 Å². The van der Waals surface area contributed by atoms with Crippen LogP contribution in [0.3, 0.4) is 0 Å². The number of hydrogen-bond donors (Lipinski definition) is 2. The number of para-hydroxylation sites is 2. The number of nitrogens with zero attached hydrogens (tertiary/aromatic N) is 1. The van der Waals surface area contributed by atoms with Crippen LogP contribution in [0.2, 0.25) is 0 Å². The summed E-state index contributed by atoms with van der Waals surface area (Å²) in [7, 11) is 1.56. The first-order valence-corrected chi connectivity index (χ1v) is 10.9. The molecular weight excluding hydrogens is 394 g/mol. The number of anilines is 1. The summed E-state index contributed by atoms with van der Waals surface area (Å²) in [5.74, 6) is 0.424. The molecule has 0 radical (unpaired) electrons. The summed E-state index contributed by atoms with van der Waals surface area (Å²) >= 11 is 2.86. The molecule has 0 saturated carbocycles. The number of thiophene rings is 1. The molecule has 1 aliphatic rings. The van der Waals surface area contributed by atoms with Crippen LogP contribution in [0.25, 0.3) is 10.2 Å². The van der Waals surface area contributed by atoms with Gasteiger partial charge in [-0.1, -0.05) is 23.9 Å². The first-order valence-electron chi connectivity index (χ1n) is 9.22. The molecule has 0 saturated heterocycles. The van der Waals surface area contributed by atoms with Gasteiger partial charge in [0, 0.05) is 4.88 Å². The quantitative estimate of drug-likeness (QED) is 0.486. The van der Waals surface area contributed by atoms with E-state index < -0.39 is 5.25 Å². The number of aromatic amines is 1. The highest BCUT2D eigenvalue weighted by molar-refractivity contribution is 8.00. The third-order valence-corrected chi connectivity index (χ3v) is 7.00. The van der Waals surface area contributed by atoms with E-state index in [-0.39, 0.29) is 11.5 Å². The number of benzene rings is 1. The molecule has 4 rings (SSSR count). The summed E-state index contributed by atoms with van der Waals surface area (Å²) in [5.41, 5.74) is 1.67. The predicted molar refractivity (Wildman–Crippen MR) is 114 cm³/mol. The standard InChI is InChI=1S/C20H21N3O3S2/c1-11(17(24)21-13-8-4-5-9-14(13)26-2)27-20-22-18(25)16-12-7-3-6-10-15(12)28-19(16)23-20/h4-5,8-9,11H,3,6-7,10H2,1-2H3,(H,21,24)(H,22,23,25)/t11-/m1/s1. The highest BCUT2D eigenvalue weighted by Gasteiger charge is 2.22. The van der Waals surface area contributed by atoms with Gasteiger partial charge in [0.15, 0.2) is 5.16 Å². The molecule has 1 atom stereocenters. The maximum Gasteiger partial charge on any atom is 0.260 e. The van der Waals surface area contributed by atoms with Crippen molar-refractivity contribution in [3.8, 4) is 5.75 Å². The molecule has 146 valence electrons. The number of amides is 1. The third kappa shape index (κ3) is 3.66. The average Bonchev–Trinajstić information content (AvgIpc) is 3.07. The highest BCUT2D eigenvalue weighted by atomic mass is 32.2. The van der Waals surface area contributed by atoms with Gasteiger partial charge in [0.2, 0.25) is 5.91 Å². The molecule has 2 aromatic heterocycles. The molecular formula is C20H21N3O3S2. The Balaban J connectivity index is 1.54. The SMILES string of the molecule is COc1ccccc1NC(=O)[C@@H](C)Sc1nc2sc3c(c2c(=O)[nH]1)CCCC3. The topological polar surface area (TPSA) is 84.1 Å². The summed E-state index contributed by atoms with van der Waals surface area (Å²) in [6, 6.07) is 7.26. The van der Waals surface area contributed by atoms with Gasteiger partial charge >= 0.3 is 0 Å². The van der Waals surface area contributed by atoms with Crippen LogP contribution in [-0.4, -0.2) is 28.2 Å². The number of fused-ring (bicyclic) bond motifs is 3. The van der Waals surface area contributed by atoms with Crippen LogP contribution in [0, 0.1) is 0 Å². The molecule has 8 heteroatoms. The second-order valence-corrected chi connectivity index (χ2v) is 9.12. The number of aromatic nitrogens is 2.